The van der Waals surface area contributed by atoms with Gasteiger partial charge in [0.05, 0.1) is 11.4 Å². The highest BCUT2D eigenvalue weighted by atomic mass is 79.9. The molecule has 2 nitrogen and oxygen atoms in total. The Kier molecular flexibility index (Phi) is 4.35. The Morgan fingerprint density at radius 1 is 0.944 bits per heavy atom. The molecule has 18 heavy (non-hydrogen) atoms. The molecule has 2 rings (SSSR count). The van der Waals surface area contributed by atoms with Gasteiger partial charge in [0.15, 0.2) is 0 Å². The van der Waals surface area contributed by atoms with Gasteiger partial charge >= 0.3 is 0 Å². The van der Waals surface area contributed by atoms with Gasteiger partial charge in [-0.25, -0.2) is 0 Å². The number of hydrogen-bond donors (Lipinski definition) is 2. The second-order valence-electron chi connectivity index (χ2n) is 3.94. The van der Waals surface area contributed by atoms with Crippen molar-refractivity contribution in [1.82, 2.24) is 0 Å². The smallest absolute Gasteiger partial charge is 0.0533 e. The Morgan fingerprint density at radius 3 is 2.28 bits per heavy atom. The lowest BCUT2D eigenvalue weighted by Crippen LogP contribution is -1.96. The Hall–Kier alpha value is -0.520. The lowest BCUT2D eigenvalue weighted by molar-refractivity contribution is 1.42. The second-order valence-corrected chi connectivity index (χ2v) is 6.56. The monoisotopic (exact) mass is 432 g/mol. The molecule has 0 radical (unpaired) electrons. The van der Waals surface area contributed by atoms with Crippen LogP contribution in [0.25, 0.3) is 0 Å². The summed E-state index contributed by atoms with van der Waals surface area (Å²) in [5.74, 6) is 0. The molecule has 0 unspecified atom stereocenters. The number of aryl methyl sites for hydroxylation is 1. The van der Waals surface area contributed by atoms with Crippen LogP contribution in [0.5, 0.6) is 0 Å². The second kappa shape index (κ2) is 5.63. The molecule has 0 bridgehead atoms. The number of nitrogens with two attached hydrogens (primary N) is 1. The Morgan fingerprint density at radius 2 is 1.61 bits per heavy atom. The zero-order valence-corrected chi connectivity index (χ0v) is 14.4. The summed E-state index contributed by atoms with van der Waals surface area (Å²) in [6.07, 6.45) is 0. The Bertz CT molecular complexity index is 597. The first-order valence-electron chi connectivity index (χ1n) is 5.25. The summed E-state index contributed by atoms with van der Waals surface area (Å²) in [6.45, 7) is 1.99. The van der Waals surface area contributed by atoms with Crippen LogP contribution >= 0.6 is 47.8 Å². The zero-order chi connectivity index (χ0) is 13.3. The van der Waals surface area contributed by atoms with Crippen molar-refractivity contribution in [2.45, 2.75) is 6.92 Å². The quantitative estimate of drug-likeness (QED) is 0.603. The van der Waals surface area contributed by atoms with Gasteiger partial charge in [-0.05, 0) is 74.7 Å². The first-order chi connectivity index (χ1) is 8.47. The van der Waals surface area contributed by atoms with Gasteiger partial charge in [-0.2, -0.15) is 0 Å². The third-order valence-electron chi connectivity index (χ3n) is 2.56. The molecular formula is C13H11Br3N2. The summed E-state index contributed by atoms with van der Waals surface area (Å²) in [5.41, 5.74) is 9.68. The molecule has 0 aliphatic rings. The minimum atomic E-state index is 0.780. The molecule has 2 aromatic carbocycles. The van der Waals surface area contributed by atoms with Crippen molar-refractivity contribution in [3.05, 3.63) is 49.3 Å². The van der Waals surface area contributed by atoms with Gasteiger partial charge < -0.3 is 11.1 Å². The molecule has 0 saturated carbocycles. The highest BCUT2D eigenvalue weighted by molar-refractivity contribution is 9.11. The molecular weight excluding hydrogens is 424 g/mol. The van der Waals surface area contributed by atoms with E-state index in [0.29, 0.717) is 0 Å². The van der Waals surface area contributed by atoms with Gasteiger partial charge in [0, 0.05) is 19.1 Å². The van der Waals surface area contributed by atoms with Gasteiger partial charge in [0.2, 0.25) is 0 Å². The fourth-order valence-corrected chi connectivity index (χ4v) is 3.14. The molecule has 0 heterocycles. The summed E-state index contributed by atoms with van der Waals surface area (Å²) in [4.78, 5) is 0. The lowest BCUT2D eigenvalue weighted by Gasteiger charge is -2.12. The molecule has 0 aliphatic carbocycles. The Balaban J connectivity index is 2.37. The lowest BCUT2D eigenvalue weighted by atomic mass is 10.2. The molecule has 0 aromatic heterocycles. The minimum Gasteiger partial charge on any atom is -0.398 e. The highest BCUT2D eigenvalue weighted by Gasteiger charge is 2.06. The fourth-order valence-electron chi connectivity index (χ4n) is 1.53. The Labute approximate surface area is 131 Å². The van der Waals surface area contributed by atoms with Crippen LogP contribution in [0.1, 0.15) is 5.56 Å². The molecule has 2 aromatic rings. The number of anilines is 3. The number of halogens is 3. The predicted octanol–water partition coefficient (Wildman–Crippen LogP) is 5.61. The van der Waals surface area contributed by atoms with Crippen LogP contribution in [0.15, 0.2) is 43.7 Å². The molecule has 0 atom stereocenters. The van der Waals surface area contributed by atoms with E-state index in [1.54, 1.807) is 0 Å². The van der Waals surface area contributed by atoms with Crippen molar-refractivity contribution in [2.24, 2.45) is 0 Å². The zero-order valence-electron chi connectivity index (χ0n) is 9.60. The van der Waals surface area contributed by atoms with Crippen molar-refractivity contribution in [3.8, 4) is 0 Å². The molecule has 3 N–H and O–H groups in total. The first-order valence-corrected chi connectivity index (χ1v) is 7.63. The van der Waals surface area contributed by atoms with Crippen molar-refractivity contribution in [3.63, 3.8) is 0 Å². The summed E-state index contributed by atoms with van der Waals surface area (Å²) in [7, 11) is 0. The van der Waals surface area contributed by atoms with E-state index in [-0.39, 0.29) is 0 Å². The molecule has 0 spiro atoms. The third kappa shape index (κ3) is 3.08. The van der Waals surface area contributed by atoms with Crippen LogP contribution < -0.4 is 11.1 Å². The van der Waals surface area contributed by atoms with Gasteiger partial charge in [0.1, 0.15) is 0 Å². The van der Waals surface area contributed by atoms with E-state index in [1.807, 2.05) is 37.3 Å². The van der Waals surface area contributed by atoms with Crippen molar-refractivity contribution < 1.29 is 0 Å². The van der Waals surface area contributed by atoms with Gasteiger partial charge in [0.25, 0.3) is 0 Å². The number of benzene rings is 2. The van der Waals surface area contributed by atoms with Crippen LogP contribution in [0, 0.1) is 6.92 Å². The van der Waals surface area contributed by atoms with E-state index in [1.165, 1.54) is 0 Å². The first kappa shape index (κ1) is 13.9. The maximum absolute atomic E-state index is 5.86. The molecule has 94 valence electrons. The predicted molar refractivity (Wildman–Crippen MR) is 88.4 cm³/mol. The van der Waals surface area contributed by atoms with Crippen LogP contribution in [-0.4, -0.2) is 0 Å². The minimum absolute atomic E-state index is 0.780. The fraction of sp³-hybridized carbons (Fsp3) is 0.0769. The molecule has 0 fully saturated rings. The van der Waals surface area contributed by atoms with Gasteiger partial charge in [-0.1, -0.05) is 15.9 Å². The maximum atomic E-state index is 5.86. The van der Waals surface area contributed by atoms with Crippen LogP contribution in [-0.2, 0) is 0 Å². The van der Waals surface area contributed by atoms with Crippen LogP contribution in [0.2, 0.25) is 0 Å². The molecule has 5 heteroatoms. The molecule has 0 aliphatic heterocycles. The van der Waals surface area contributed by atoms with E-state index >= 15 is 0 Å². The SMILES string of the molecule is Cc1cc(Nc2ccc(Br)cc2Br)c(Br)cc1N. The van der Waals surface area contributed by atoms with Crippen LogP contribution in [0.4, 0.5) is 17.1 Å². The number of nitrogen functional groups attached to an aromatic ring is 1. The topological polar surface area (TPSA) is 38.0 Å². The molecule has 0 saturated heterocycles. The summed E-state index contributed by atoms with van der Waals surface area (Å²) in [5, 5.41) is 3.37. The normalized spacial score (nSPS) is 10.4. The molecule has 0 amide bonds. The number of rotatable bonds is 2. The van der Waals surface area contributed by atoms with Crippen molar-refractivity contribution >= 4 is 64.9 Å². The third-order valence-corrected chi connectivity index (χ3v) is 4.36. The van der Waals surface area contributed by atoms with Crippen LogP contribution in [0.3, 0.4) is 0 Å². The number of hydrogen-bond acceptors (Lipinski definition) is 2. The largest absolute Gasteiger partial charge is 0.398 e. The maximum Gasteiger partial charge on any atom is 0.0533 e. The summed E-state index contributed by atoms with van der Waals surface area (Å²) >= 11 is 10.5. The van der Waals surface area contributed by atoms with E-state index in [2.05, 4.69) is 53.1 Å². The highest BCUT2D eigenvalue weighted by Crippen LogP contribution is 2.33. The van der Waals surface area contributed by atoms with E-state index in [0.717, 1.165) is 36.0 Å². The summed E-state index contributed by atoms with van der Waals surface area (Å²) < 4.78 is 2.98. The van der Waals surface area contributed by atoms with E-state index in [9.17, 15) is 0 Å². The van der Waals surface area contributed by atoms with Crippen molar-refractivity contribution in [1.29, 1.82) is 0 Å². The van der Waals surface area contributed by atoms with E-state index < -0.39 is 0 Å². The number of nitrogens with one attached hydrogen (secondary N) is 1. The standard InChI is InChI=1S/C13H11Br3N2/c1-7-4-13(10(16)6-11(7)17)18-12-3-2-8(14)5-9(12)15/h2-6,18H,17H2,1H3. The average molecular weight is 435 g/mol. The van der Waals surface area contributed by atoms with E-state index in [4.69, 9.17) is 5.73 Å². The van der Waals surface area contributed by atoms with Gasteiger partial charge in [-0.15, -0.1) is 0 Å². The summed E-state index contributed by atoms with van der Waals surface area (Å²) in [6, 6.07) is 9.93. The van der Waals surface area contributed by atoms with Gasteiger partial charge in [-0.3, -0.25) is 0 Å². The van der Waals surface area contributed by atoms with Crippen molar-refractivity contribution in [2.75, 3.05) is 11.1 Å². The average Bonchev–Trinajstić information content (AvgIpc) is 2.29.